The lowest BCUT2D eigenvalue weighted by atomic mass is 10.4. The van der Waals surface area contributed by atoms with E-state index < -0.39 is 0 Å². The van der Waals surface area contributed by atoms with Gasteiger partial charge in [-0.25, -0.2) is 0 Å². The second-order valence-corrected chi connectivity index (χ2v) is 2.91. The van der Waals surface area contributed by atoms with Crippen molar-refractivity contribution in [1.82, 2.24) is 4.90 Å². The van der Waals surface area contributed by atoms with E-state index in [0.717, 1.165) is 0 Å². The van der Waals surface area contributed by atoms with Gasteiger partial charge in [-0.3, -0.25) is 4.99 Å². The molecule has 0 aromatic heterocycles. The van der Waals surface area contributed by atoms with E-state index in [4.69, 9.17) is 11.0 Å². The van der Waals surface area contributed by atoms with Crippen molar-refractivity contribution in [3.8, 4) is 6.07 Å². The third kappa shape index (κ3) is 2.12. The Morgan fingerprint density at radius 3 is 2.83 bits per heavy atom. The first-order valence-electron chi connectivity index (χ1n) is 4.15. The van der Waals surface area contributed by atoms with Crippen molar-refractivity contribution in [3.63, 3.8) is 0 Å². The largest absolute Gasteiger partial charge is 0.370 e. The van der Waals surface area contributed by atoms with Gasteiger partial charge in [-0.2, -0.15) is 5.26 Å². The highest BCUT2D eigenvalue weighted by atomic mass is 15.3. The van der Waals surface area contributed by atoms with Crippen LogP contribution >= 0.6 is 0 Å². The van der Waals surface area contributed by atoms with Gasteiger partial charge < -0.3 is 10.6 Å². The molecule has 0 heterocycles. The fourth-order valence-electron chi connectivity index (χ4n) is 1.17. The van der Waals surface area contributed by atoms with Crippen LogP contribution in [0.15, 0.2) is 4.99 Å². The summed E-state index contributed by atoms with van der Waals surface area (Å²) >= 11 is 0. The average molecular weight is 166 g/mol. The summed E-state index contributed by atoms with van der Waals surface area (Å²) in [5, 5.41) is 8.41. The molecule has 1 rings (SSSR count). The Kier molecular flexibility index (Phi) is 2.92. The highest BCUT2D eigenvalue weighted by Crippen LogP contribution is 2.26. The minimum atomic E-state index is 0.521. The van der Waals surface area contributed by atoms with Crippen LogP contribution in [0.5, 0.6) is 0 Å². The minimum Gasteiger partial charge on any atom is -0.370 e. The van der Waals surface area contributed by atoms with Gasteiger partial charge in [0.25, 0.3) is 0 Å². The molecule has 12 heavy (non-hydrogen) atoms. The van der Waals surface area contributed by atoms with E-state index in [1.54, 1.807) is 7.05 Å². The Bertz CT molecular complexity index is 212. The number of hydrogen-bond acceptors (Lipinski definition) is 2. The second-order valence-electron chi connectivity index (χ2n) is 2.91. The number of hydrogen-bond donors (Lipinski definition) is 1. The number of guanidine groups is 1. The molecule has 66 valence electrons. The number of aliphatic imine (C=N–C) groups is 1. The molecule has 0 spiro atoms. The fourth-order valence-corrected chi connectivity index (χ4v) is 1.17. The maximum Gasteiger partial charge on any atom is 0.191 e. The zero-order valence-corrected chi connectivity index (χ0v) is 7.32. The fraction of sp³-hybridized carbons (Fsp3) is 0.750. The quantitative estimate of drug-likeness (QED) is 0.484. The predicted octanol–water partition coefficient (Wildman–Crippen LogP) is 0.309. The number of nitrogens with zero attached hydrogens (tertiary/aromatic N) is 3. The van der Waals surface area contributed by atoms with Gasteiger partial charge in [0, 0.05) is 19.6 Å². The average Bonchev–Trinajstić information content (AvgIpc) is 2.88. The van der Waals surface area contributed by atoms with Crippen LogP contribution in [0.1, 0.15) is 19.3 Å². The lowest BCUT2D eigenvalue weighted by Crippen LogP contribution is -2.39. The molecular weight excluding hydrogens is 152 g/mol. The summed E-state index contributed by atoms with van der Waals surface area (Å²) < 4.78 is 0. The highest BCUT2D eigenvalue weighted by molar-refractivity contribution is 5.78. The van der Waals surface area contributed by atoms with Crippen molar-refractivity contribution in [2.45, 2.75) is 25.3 Å². The van der Waals surface area contributed by atoms with E-state index in [2.05, 4.69) is 11.1 Å². The molecule has 1 saturated carbocycles. The van der Waals surface area contributed by atoms with Crippen LogP contribution in [-0.2, 0) is 0 Å². The number of rotatable bonds is 3. The number of nitrogens with two attached hydrogens (primary N) is 1. The van der Waals surface area contributed by atoms with E-state index in [1.165, 1.54) is 12.8 Å². The van der Waals surface area contributed by atoms with Crippen molar-refractivity contribution in [3.05, 3.63) is 0 Å². The molecule has 0 saturated heterocycles. The van der Waals surface area contributed by atoms with Crippen molar-refractivity contribution in [2.75, 3.05) is 13.6 Å². The summed E-state index contributed by atoms with van der Waals surface area (Å²) in [6.45, 7) is 0.713. The second kappa shape index (κ2) is 3.96. The summed E-state index contributed by atoms with van der Waals surface area (Å²) in [4.78, 5) is 5.93. The van der Waals surface area contributed by atoms with Gasteiger partial charge in [0.1, 0.15) is 0 Å². The predicted molar refractivity (Wildman–Crippen MR) is 47.5 cm³/mol. The molecule has 0 aromatic carbocycles. The molecule has 1 aliphatic rings. The van der Waals surface area contributed by atoms with Crippen LogP contribution in [0.2, 0.25) is 0 Å². The molecule has 2 N–H and O–H groups in total. The molecule has 0 atom stereocenters. The molecule has 1 fully saturated rings. The maximum atomic E-state index is 8.41. The normalized spacial score (nSPS) is 17.2. The molecule has 0 amide bonds. The smallest absolute Gasteiger partial charge is 0.191 e. The van der Waals surface area contributed by atoms with Gasteiger partial charge >= 0.3 is 0 Å². The summed E-state index contributed by atoms with van der Waals surface area (Å²) in [6, 6.07) is 2.65. The molecule has 0 radical (unpaired) electrons. The monoisotopic (exact) mass is 166 g/mol. The Labute approximate surface area is 72.7 Å². The SMILES string of the molecule is CN=C(N)N(CCC#N)C1CC1. The maximum absolute atomic E-state index is 8.41. The van der Waals surface area contributed by atoms with Crippen molar-refractivity contribution >= 4 is 5.96 Å². The standard InChI is InChI=1S/C8H14N4/c1-11-8(10)12(6-2-5-9)7-3-4-7/h7H,2-4,6H2,1H3,(H2,10,11). The molecular formula is C8H14N4. The molecule has 0 aliphatic heterocycles. The van der Waals surface area contributed by atoms with Crippen molar-refractivity contribution < 1.29 is 0 Å². The van der Waals surface area contributed by atoms with Gasteiger partial charge in [-0.05, 0) is 12.8 Å². The first kappa shape index (κ1) is 8.85. The number of nitriles is 1. The zero-order chi connectivity index (χ0) is 8.97. The van der Waals surface area contributed by atoms with Crippen molar-refractivity contribution in [2.24, 2.45) is 10.7 Å². The summed E-state index contributed by atoms with van der Waals surface area (Å²) in [5.41, 5.74) is 5.67. The lowest BCUT2D eigenvalue weighted by molar-refractivity contribution is 0.413. The molecule has 1 aliphatic carbocycles. The molecule has 4 heteroatoms. The van der Waals surface area contributed by atoms with Gasteiger partial charge in [0.05, 0.1) is 12.5 Å². The van der Waals surface area contributed by atoms with Crippen LogP contribution in [0.4, 0.5) is 0 Å². The Morgan fingerprint density at radius 1 is 1.75 bits per heavy atom. The molecule has 4 nitrogen and oxygen atoms in total. The van der Waals surface area contributed by atoms with E-state index in [1.807, 2.05) is 4.90 Å². The third-order valence-corrected chi connectivity index (χ3v) is 1.98. The lowest BCUT2D eigenvalue weighted by Gasteiger charge is -2.21. The topological polar surface area (TPSA) is 65.4 Å². The van der Waals surface area contributed by atoms with Crippen LogP contribution in [0, 0.1) is 11.3 Å². The summed E-state index contributed by atoms with van der Waals surface area (Å²) in [5.74, 6) is 0.563. The van der Waals surface area contributed by atoms with E-state index in [-0.39, 0.29) is 0 Å². The Hall–Kier alpha value is -1.24. The van der Waals surface area contributed by atoms with Gasteiger partial charge in [0.2, 0.25) is 0 Å². The van der Waals surface area contributed by atoms with E-state index >= 15 is 0 Å². The van der Waals surface area contributed by atoms with Crippen LogP contribution in [0.3, 0.4) is 0 Å². The van der Waals surface area contributed by atoms with Gasteiger partial charge in [0.15, 0.2) is 5.96 Å². The van der Waals surface area contributed by atoms with E-state index in [0.29, 0.717) is 25.0 Å². The van der Waals surface area contributed by atoms with Crippen LogP contribution in [0.25, 0.3) is 0 Å². The van der Waals surface area contributed by atoms with Gasteiger partial charge in [-0.1, -0.05) is 0 Å². The molecule has 0 aromatic rings. The minimum absolute atomic E-state index is 0.521. The Balaban J connectivity index is 2.44. The van der Waals surface area contributed by atoms with E-state index in [9.17, 15) is 0 Å². The summed E-state index contributed by atoms with van der Waals surface area (Å²) in [7, 11) is 1.68. The molecule has 0 unspecified atom stereocenters. The summed E-state index contributed by atoms with van der Waals surface area (Å²) in [6.07, 6.45) is 2.88. The Morgan fingerprint density at radius 2 is 2.42 bits per heavy atom. The third-order valence-electron chi connectivity index (χ3n) is 1.98. The first-order chi connectivity index (χ1) is 5.79. The zero-order valence-electron chi connectivity index (χ0n) is 7.32. The first-order valence-corrected chi connectivity index (χ1v) is 4.15. The van der Waals surface area contributed by atoms with Crippen LogP contribution < -0.4 is 5.73 Å². The molecule has 0 bridgehead atoms. The highest BCUT2D eigenvalue weighted by Gasteiger charge is 2.29. The van der Waals surface area contributed by atoms with Gasteiger partial charge in [-0.15, -0.1) is 0 Å². The van der Waals surface area contributed by atoms with Crippen LogP contribution in [-0.4, -0.2) is 30.5 Å². The van der Waals surface area contributed by atoms with Crippen molar-refractivity contribution in [1.29, 1.82) is 5.26 Å².